The lowest BCUT2D eigenvalue weighted by Gasteiger charge is -2.08. The zero-order valence-corrected chi connectivity index (χ0v) is 30.4. The average molecular weight is 717 g/mol. The van der Waals surface area contributed by atoms with E-state index in [1.807, 2.05) is 146 Å². The van der Waals surface area contributed by atoms with Gasteiger partial charge in [0.15, 0.2) is 0 Å². The molecular weight excluding hydrogens is 677 g/mol. The highest BCUT2D eigenvalue weighted by Crippen LogP contribution is 2.23. The Kier molecular flexibility index (Phi) is 12.9. The number of rotatable bonds is 12. The van der Waals surface area contributed by atoms with Crippen molar-refractivity contribution >= 4 is 95.0 Å². The maximum atomic E-state index is 11.7. The molecule has 54 heavy (non-hydrogen) atoms. The molecule has 4 amide bonds. The summed E-state index contributed by atoms with van der Waals surface area (Å²) in [5, 5.41) is 11.3. The Bertz CT molecular complexity index is 2000. The first-order valence-electron chi connectivity index (χ1n) is 17.1. The maximum Gasteiger partial charge on any atom is 0.221 e. The van der Waals surface area contributed by atoms with Crippen LogP contribution in [0.25, 0.3) is 48.6 Å². The third-order valence-electron chi connectivity index (χ3n) is 7.57. The second-order valence-corrected chi connectivity index (χ2v) is 12.3. The molecule has 0 saturated heterocycles. The molecule has 0 aliphatic heterocycles. The van der Waals surface area contributed by atoms with Crippen LogP contribution < -0.4 is 21.3 Å². The number of nitrogens with one attached hydrogen (secondary N) is 4. The molecule has 0 radical (unpaired) electrons. The van der Waals surface area contributed by atoms with Crippen LogP contribution in [0.2, 0.25) is 0 Å². The fraction of sp³-hybridized carbons (Fsp3) is 0.0909. The fourth-order valence-electron chi connectivity index (χ4n) is 5.37. The van der Waals surface area contributed by atoms with Crippen molar-refractivity contribution in [3.63, 3.8) is 0 Å². The molecule has 0 bridgehead atoms. The quantitative estimate of drug-likeness (QED) is 0.102. The van der Waals surface area contributed by atoms with E-state index in [-0.39, 0.29) is 23.6 Å². The number of anilines is 4. The first-order valence-corrected chi connectivity index (χ1v) is 17.1. The van der Waals surface area contributed by atoms with Crippen molar-refractivity contribution in [3.05, 3.63) is 142 Å². The summed E-state index contributed by atoms with van der Waals surface area (Å²) in [6, 6.07) is 29.9. The zero-order chi connectivity index (χ0) is 38.5. The number of nitrogens with zero attached hydrogens (tertiary/aromatic N) is 2. The molecule has 4 N–H and O–H groups in total. The van der Waals surface area contributed by atoms with Gasteiger partial charge in [-0.25, -0.2) is 9.97 Å². The standard InChI is InChI=1S/C44H40N6O4/c1-29(51)45-37-13-5-9-33(25-37)17-21-41-42(22-18-34-10-6-14-38(26-34)46-30(2)52)50-44(24-20-36-12-8-16-40(28-36)48-32(4)54)43(49-41)23-19-35-11-7-15-39(27-35)47-31(3)53/h5-28H,1-4H3,(H,45,51)(H,46,52)(H,47,53)(H,48,54)/b21-17+,22-18+,23-19+,24-20+. The zero-order valence-electron chi connectivity index (χ0n) is 30.4. The van der Waals surface area contributed by atoms with Gasteiger partial charge in [-0.3, -0.25) is 19.2 Å². The van der Waals surface area contributed by atoms with Crippen LogP contribution in [-0.4, -0.2) is 33.6 Å². The lowest BCUT2D eigenvalue weighted by Crippen LogP contribution is -2.05. The predicted octanol–water partition coefficient (Wildman–Crippen LogP) is 8.99. The molecule has 4 aromatic carbocycles. The van der Waals surface area contributed by atoms with Gasteiger partial charge in [-0.2, -0.15) is 0 Å². The SMILES string of the molecule is CC(=O)Nc1cccc(/C=C/c2nc(/C=C/c3cccc(NC(C)=O)c3)c(/C=C/c3cccc(NC(C)=O)c3)nc2/C=C/c2cccc(NC(C)=O)c2)c1. The number of amides is 4. The van der Waals surface area contributed by atoms with E-state index in [1.165, 1.54) is 27.7 Å². The van der Waals surface area contributed by atoms with Crippen molar-refractivity contribution < 1.29 is 19.2 Å². The van der Waals surface area contributed by atoms with E-state index >= 15 is 0 Å². The molecule has 10 heteroatoms. The highest BCUT2D eigenvalue weighted by atomic mass is 16.2. The summed E-state index contributed by atoms with van der Waals surface area (Å²) >= 11 is 0. The van der Waals surface area contributed by atoms with Gasteiger partial charge in [0.05, 0.1) is 22.8 Å². The Morgan fingerprint density at radius 2 is 0.593 bits per heavy atom. The molecule has 0 atom stereocenters. The van der Waals surface area contributed by atoms with Gasteiger partial charge in [-0.05, 0) is 95.1 Å². The molecule has 0 aliphatic carbocycles. The average Bonchev–Trinajstić information content (AvgIpc) is 3.11. The molecule has 5 aromatic rings. The monoisotopic (exact) mass is 716 g/mol. The minimum atomic E-state index is -0.165. The Morgan fingerprint density at radius 1 is 0.370 bits per heavy atom. The van der Waals surface area contributed by atoms with Crippen LogP contribution >= 0.6 is 0 Å². The van der Waals surface area contributed by atoms with Crippen LogP contribution in [0.3, 0.4) is 0 Å². The van der Waals surface area contributed by atoms with E-state index in [9.17, 15) is 19.2 Å². The van der Waals surface area contributed by atoms with Crippen LogP contribution in [-0.2, 0) is 19.2 Å². The molecule has 0 spiro atoms. The summed E-state index contributed by atoms with van der Waals surface area (Å²) in [4.78, 5) is 56.9. The molecule has 5 rings (SSSR count). The second-order valence-electron chi connectivity index (χ2n) is 12.3. The van der Waals surface area contributed by atoms with Crippen molar-refractivity contribution in [1.82, 2.24) is 9.97 Å². The number of hydrogen-bond acceptors (Lipinski definition) is 6. The minimum absolute atomic E-state index is 0.165. The molecule has 10 nitrogen and oxygen atoms in total. The Labute approximate surface area is 314 Å². The number of carbonyl (C=O) groups is 4. The largest absolute Gasteiger partial charge is 0.326 e. The fourth-order valence-corrected chi connectivity index (χ4v) is 5.37. The van der Waals surface area contributed by atoms with Gasteiger partial charge in [0.2, 0.25) is 23.6 Å². The van der Waals surface area contributed by atoms with Crippen molar-refractivity contribution in [1.29, 1.82) is 0 Å². The van der Waals surface area contributed by atoms with Crippen LogP contribution in [0.5, 0.6) is 0 Å². The van der Waals surface area contributed by atoms with Gasteiger partial charge < -0.3 is 21.3 Å². The van der Waals surface area contributed by atoms with Gasteiger partial charge in [0.25, 0.3) is 0 Å². The number of carbonyl (C=O) groups excluding carboxylic acids is 4. The summed E-state index contributed by atoms with van der Waals surface area (Å²) < 4.78 is 0. The highest BCUT2D eigenvalue weighted by molar-refractivity contribution is 5.92. The first kappa shape index (κ1) is 38.0. The van der Waals surface area contributed by atoms with Gasteiger partial charge in [0, 0.05) is 50.4 Å². The van der Waals surface area contributed by atoms with E-state index in [2.05, 4.69) is 21.3 Å². The second kappa shape index (κ2) is 18.3. The Balaban J connectivity index is 1.63. The van der Waals surface area contributed by atoms with E-state index in [4.69, 9.17) is 9.97 Å². The van der Waals surface area contributed by atoms with Crippen LogP contribution in [0, 0.1) is 0 Å². The molecule has 0 unspecified atom stereocenters. The van der Waals surface area contributed by atoms with Gasteiger partial charge in [-0.15, -0.1) is 0 Å². The molecule has 0 saturated carbocycles. The molecular formula is C44H40N6O4. The number of benzene rings is 4. The summed E-state index contributed by atoms with van der Waals surface area (Å²) in [7, 11) is 0. The third kappa shape index (κ3) is 12.0. The number of aromatic nitrogens is 2. The minimum Gasteiger partial charge on any atom is -0.326 e. The van der Waals surface area contributed by atoms with Gasteiger partial charge >= 0.3 is 0 Å². The smallest absolute Gasteiger partial charge is 0.221 e. The third-order valence-corrected chi connectivity index (χ3v) is 7.57. The topological polar surface area (TPSA) is 142 Å². The van der Waals surface area contributed by atoms with E-state index in [1.54, 1.807) is 0 Å². The predicted molar refractivity (Wildman–Crippen MR) is 221 cm³/mol. The van der Waals surface area contributed by atoms with Crippen molar-refractivity contribution in [2.75, 3.05) is 21.3 Å². The normalized spacial score (nSPS) is 11.3. The van der Waals surface area contributed by atoms with E-state index in [0.29, 0.717) is 45.5 Å². The Hall–Kier alpha value is -7.20. The summed E-state index contributed by atoms with van der Waals surface area (Å²) in [5.74, 6) is -0.661. The lowest BCUT2D eigenvalue weighted by molar-refractivity contribution is -0.115. The highest BCUT2D eigenvalue weighted by Gasteiger charge is 2.09. The van der Waals surface area contributed by atoms with Crippen molar-refractivity contribution in [3.8, 4) is 0 Å². The van der Waals surface area contributed by atoms with Crippen molar-refractivity contribution in [2.45, 2.75) is 27.7 Å². The summed E-state index contributed by atoms with van der Waals surface area (Å²) in [6.45, 7) is 5.85. The summed E-state index contributed by atoms with van der Waals surface area (Å²) in [6.07, 6.45) is 15.1. The van der Waals surface area contributed by atoms with Gasteiger partial charge in [0.1, 0.15) is 0 Å². The lowest BCUT2D eigenvalue weighted by atomic mass is 10.1. The summed E-state index contributed by atoms with van der Waals surface area (Å²) in [5.41, 5.74) is 8.35. The molecule has 270 valence electrons. The molecule has 0 fully saturated rings. The van der Waals surface area contributed by atoms with Crippen LogP contribution in [0.1, 0.15) is 72.7 Å². The molecule has 1 aromatic heterocycles. The number of hydrogen-bond donors (Lipinski definition) is 4. The van der Waals surface area contributed by atoms with E-state index < -0.39 is 0 Å². The Morgan fingerprint density at radius 3 is 0.796 bits per heavy atom. The molecule has 1 heterocycles. The maximum absolute atomic E-state index is 11.7. The van der Waals surface area contributed by atoms with Crippen LogP contribution in [0.4, 0.5) is 22.7 Å². The van der Waals surface area contributed by atoms with E-state index in [0.717, 1.165) is 22.3 Å². The first-order chi connectivity index (χ1) is 26.0. The van der Waals surface area contributed by atoms with Crippen LogP contribution in [0.15, 0.2) is 97.1 Å². The van der Waals surface area contributed by atoms with Crippen molar-refractivity contribution in [2.24, 2.45) is 0 Å². The van der Waals surface area contributed by atoms with Gasteiger partial charge in [-0.1, -0.05) is 72.8 Å². The molecule has 0 aliphatic rings.